The van der Waals surface area contributed by atoms with E-state index in [0.717, 1.165) is 0 Å². The van der Waals surface area contributed by atoms with Crippen molar-refractivity contribution in [2.45, 2.75) is 52.2 Å². The number of hydrogen-bond donors (Lipinski definition) is 0. The van der Waals surface area contributed by atoms with Crippen LogP contribution in [0.15, 0.2) is 0 Å². The summed E-state index contributed by atoms with van der Waals surface area (Å²) in [5.41, 5.74) is -0.506. The molecule has 5 nitrogen and oxygen atoms in total. The molecule has 1 heterocycles. The minimum Gasteiger partial charge on any atom is -0.444 e. The molecule has 1 fully saturated rings. The standard InChI is InChI=1S/C14H25NO4/c1-10(18-5)8-11-9-15(7-6-12(11)16)13(17)19-14(2,3)4/h10-11H,6-9H2,1-5H3. The van der Waals surface area contributed by atoms with Crippen LogP contribution in [0.5, 0.6) is 0 Å². The van der Waals surface area contributed by atoms with E-state index in [1.807, 2.05) is 27.7 Å². The lowest BCUT2D eigenvalue weighted by atomic mass is 9.91. The SMILES string of the molecule is COC(C)CC1CN(C(=O)OC(C)(C)C)CCC1=O. The van der Waals surface area contributed by atoms with E-state index >= 15 is 0 Å². The molecule has 1 amide bonds. The van der Waals surface area contributed by atoms with Gasteiger partial charge in [-0.25, -0.2) is 4.79 Å². The normalized spacial score (nSPS) is 22.3. The summed E-state index contributed by atoms with van der Waals surface area (Å²) < 4.78 is 10.5. The molecule has 1 aliphatic heterocycles. The summed E-state index contributed by atoms with van der Waals surface area (Å²) >= 11 is 0. The van der Waals surface area contributed by atoms with Crippen molar-refractivity contribution >= 4 is 11.9 Å². The first-order valence-corrected chi connectivity index (χ1v) is 6.76. The van der Waals surface area contributed by atoms with Gasteiger partial charge in [0.15, 0.2) is 0 Å². The summed E-state index contributed by atoms with van der Waals surface area (Å²) in [6.07, 6.45) is 0.734. The number of rotatable bonds is 3. The molecular weight excluding hydrogens is 246 g/mol. The van der Waals surface area contributed by atoms with E-state index in [1.54, 1.807) is 12.0 Å². The van der Waals surface area contributed by atoms with Gasteiger partial charge in [0.05, 0.1) is 6.10 Å². The highest BCUT2D eigenvalue weighted by molar-refractivity contribution is 5.84. The van der Waals surface area contributed by atoms with Crippen LogP contribution in [-0.2, 0) is 14.3 Å². The Morgan fingerprint density at radius 1 is 1.47 bits per heavy atom. The van der Waals surface area contributed by atoms with Gasteiger partial charge in [-0.1, -0.05) is 0 Å². The van der Waals surface area contributed by atoms with Crippen LogP contribution in [-0.4, -0.2) is 48.7 Å². The van der Waals surface area contributed by atoms with Gasteiger partial charge in [0.25, 0.3) is 0 Å². The van der Waals surface area contributed by atoms with Gasteiger partial charge < -0.3 is 14.4 Å². The lowest BCUT2D eigenvalue weighted by molar-refractivity contribution is -0.127. The molecule has 0 spiro atoms. The molecule has 0 aromatic carbocycles. The van der Waals surface area contributed by atoms with Crippen molar-refractivity contribution in [1.29, 1.82) is 0 Å². The fourth-order valence-corrected chi connectivity index (χ4v) is 2.10. The Hall–Kier alpha value is -1.10. The van der Waals surface area contributed by atoms with Crippen molar-refractivity contribution in [1.82, 2.24) is 4.90 Å². The Balaban J connectivity index is 2.59. The number of hydrogen-bond acceptors (Lipinski definition) is 4. The summed E-state index contributed by atoms with van der Waals surface area (Å²) in [6, 6.07) is 0. The lowest BCUT2D eigenvalue weighted by Gasteiger charge is -2.34. The van der Waals surface area contributed by atoms with Gasteiger partial charge in [-0.05, 0) is 34.1 Å². The van der Waals surface area contributed by atoms with E-state index in [4.69, 9.17) is 9.47 Å². The molecule has 0 N–H and O–H groups in total. The molecule has 1 aliphatic rings. The van der Waals surface area contributed by atoms with Crippen molar-refractivity contribution < 1.29 is 19.1 Å². The minimum absolute atomic E-state index is 0.0209. The predicted octanol–water partition coefficient (Wildman–Crippen LogP) is 2.24. The first-order valence-electron chi connectivity index (χ1n) is 6.76. The zero-order valence-corrected chi connectivity index (χ0v) is 12.6. The van der Waals surface area contributed by atoms with Crippen LogP contribution in [0.2, 0.25) is 0 Å². The number of methoxy groups -OCH3 is 1. The van der Waals surface area contributed by atoms with Gasteiger partial charge in [0, 0.05) is 32.5 Å². The van der Waals surface area contributed by atoms with Gasteiger partial charge >= 0.3 is 6.09 Å². The zero-order valence-electron chi connectivity index (χ0n) is 12.6. The Bertz CT molecular complexity index is 335. The molecule has 1 rings (SSSR count). The van der Waals surface area contributed by atoms with Gasteiger partial charge in [0.1, 0.15) is 11.4 Å². The summed E-state index contributed by atoms with van der Waals surface area (Å²) in [5.74, 6) is 0.0694. The quantitative estimate of drug-likeness (QED) is 0.790. The van der Waals surface area contributed by atoms with Crippen molar-refractivity contribution in [3.63, 3.8) is 0 Å². The van der Waals surface area contributed by atoms with Crippen LogP contribution in [0.3, 0.4) is 0 Å². The molecule has 0 bridgehead atoms. The van der Waals surface area contributed by atoms with E-state index in [2.05, 4.69) is 0 Å². The number of carbonyl (C=O) groups is 2. The largest absolute Gasteiger partial charge is 0.444 e. The second kappa shape index (κ2) is 6.37. The number of nitrogens with zero attached hydrogens (tertiary/aromatic N) is 1. The minimum atomic E-state index is -0.506. The molecule has 2 atom stereocenters. The molecule has 0 aliphatic carbocycles. The molecule has 2 unspecified atom stereocenters. The lowest BCUT2D eigenvalue weighted by Crippen LogP contribution is -2.46. The molecule has 1 saturated heterocycles. The summed E-state index contributed by atoms with van der Waals surface area (Å²) in [6.45, 7) is 8.33. The van der Waals surface area contributed by atoms with Crippen LogP contribution >= 0.6 is 0 Å². The van der Waals surface area contributed by atoms with Crippen LogP contribution in [0, 0.1) is 5.92 Å². The van der Waals surface area contributed by atoms with E-state index in [-0.39, 0.29) is 23.9 Å². The van der Waals surface area contributed by atoms with Crippen LogP contribution < -0.4 is 0 Å². The Morgan fingerprint density at radius 3 is 2.63 bits per heavy atom. The zero-order chi connectivity index (χ0) is 14.6. The van der Waals surface area contributed by atoms with E-state index < -0.39 is 5.60 Å². The molecular formula is C14H25NO4. The van der Waals surface area contributed by atoms with Gasteiger partial charge in [-0.3, -0.25) is 4.79 Å². The number of likely N-dealkylation sites (tertiary alicyclic amines) is 1. The second-order valence-electron chi connectivity index (χ2n) is 6.12. The monoisotopic (exact) mass is 271 g/mol. The fraction of sp³-hybridized carbons (Fsp3) is 0.857. The van der Waals surface area contributed by atoms with E-state index in [0.29, 0.717) is 25.9 Å². The van der Waals surface area contributed by atoms with Crippen molar-refractivity contribution in [3.8, 4) is 0 Å². The van der Waals surface area contributed by atoms with Crippen molar-refractivity contribution in [3.05, 3.63) is 0 Å². The number of Topliss-reactive ketones (excluding diaryl/α,β-unsaturated/α-hetero) is 1. The molecule has 0 aromatic heterocycles. The average molecular weight is 271 g/mol. The van der Waals surface area contributed by atoms with Gasteiger partial charge in [-0.2, -0.15) is 0 Å². The van der Waals surface area contributed by atoms with Gasteiger partial charge in [0.2, 0.25) is 0 Å². The molecule has 5 heteroatoms. The third-order valence-corrected chi connectivity index (χ3v) is 3.19. The second-order valence-corrected chi connectivity index (χ2v) is 6.12. The maximum absolute atomic E-state index is 12.0. The predicted molar refractivity (Wildman–Crippen MR) is 72.0 cm³/mol. The van der Waals surface area contributed by atoms with E-state index in [9.17, 15) is 9.59 Å². The summed E-state index contributed by atoms with van der Waals surface area (Å²) in [4.78, 5) is 25.5. The Labute approximate surface area is 115 Å². The van der Waals surface area contributed by atoms with Crippen LogP contribution in [0.4, 0.5) is 4.79 Å². The summed E-state index contributed by atoms with van der Waals surface area (Å²) in [5, 5.41) is 0. The molecule has 0 radical (unpaired) electrons. The number of carbonyl (C=O) groups excluding carboxylic acids is 2. The fourth-order valence-electron chi connectivity index (χ4n) is 2.10. The van der Waals surface area contributed by atoms with Crippen molar-refractivity contribution in [2.24, 2.45) is 5.92 Å². The maximum atomic E-state index is 12.0. The highest BCUT2D eigenvalue weighted by atomic mass is 16.6. The highest BCUT2D eigenvalue weighted by Gasteiger charge is 2.32. The van der Waals surface area contributed by atoms with Gasteiger partial charge in [-0.15, -0.1) is 0 Å². The number of piperidine rings is 1. The maximum Gasteiger partial charge on any atom is 0.410 e. The first-order chi connectivity index (χ1) is 8.73. The number of ether oxygens (including phenoxy) is 2. The molecule has 110 valence electrons. The highest BCUT2D eigenvalue weighted by Crippen LogP contribution is 2.21. The molecule has 19 heavy (non-hydrogen) atoms. The number of ketones is 1. The van der Waals surface area contributed by atoms with Crippen LogP contribution in [0.1, 0.15) is 40.5 Å². The number of amides is 1. The topological polar surface area (TPSA) is 55.8 Å². The van der Waals surface area contributed by atoms with Crippen LogP contribution in [0.25, 0.3) is 0 Å². The first kappa shape index (κ1) is 16.0. The third-order valence-electron chi connectivity index (χ3n) is 3.19. The Morgan fingerprint density at radius 2 is 2.11 bits per heavy atom. The molecule has 0 saturated carbocycles. The summed E-state index contributed by atoms with van der Waals surface area (Å²) in [7, 11) is 1.63. The third kappa shape index (κ3) is 5.19. The smallest absolute Gasteiger partial charge is 0.410 e. The molecule has 0 aromatic rings. The van der Waals surface area contributed by atoms with E-state index in [1.165, 1.54) is 0 Å². The Kier molecular flexibility index (Phi) is 5.35. The van der Waals surface area contributed by atoms with Crippen molar-refractivity contribution in [2.75, 3.05) is 20.2 Å². The average Bonchev–Trinajstić information content (AvgIpc) is 2.29.